The molecule has 1 atom stereocenters. The van der Waals surface area contributed by atoms with Crippen molar-refractivity contribution in [2.24, 2.45) is 7.05 Å². The molecule has 138 valence electrons. The van der Waals surface area contributed by atoms with Crippen LogP contribution in [0.25, 0.3) is 6.08 Å². The number of imidazole rings is 1. The largest absolute Gasteiger partial charge is 0.339 e. The smallest absolute Gasteiger partial charge is 0.244 e. The topological polar surface area (TPSA) is 46.9 Å². The molecule has 0 fully saturated rings. The Morgan fingerprint density at radius 2 is 2.04 bits per heavy atom. The molecule has 0 radical (unpaired) electrons. The molecule has 3 aromatic rings. The second kappa shape index (κ2) is 8.37. The minimum absolute atomic E-state index is 0.349. The Bertz CT molecular complexity index is 1000. The standard InChI is InChI=1S/C20H16Cl2FN3O/c1-26-10-9-24-20(26)19(14-3-2-4-15(23)12-14)25-18(27)8-6-13-5-7-16(21)17(22)11-13/h2-12,19H,1H3,(H,25,27)/b8-6+. The minimum atomic E-state index is -0.591. The van der Waals surface area contributed by atoms with Crippen LogP contribution < -0.4 is 5.32 Å². The molecule has 1 amide bonds. The van der Waals surface area contributed by atoms with Gasteiger partial charge in [-0.15, -0.1) is 0 Å². The molecule has 27 heavy (non-hydrogen) atoms. The number of amides is 1. The molecule has 0 aliphatic carbocycles. The summed E-state index contributed by atoms with van der Waals surface area (Å²) in [6.45, 7) is 0. The van der Waals surface area contributed by atoms with Gasteiger partial charge in [-0.05, 0) is 41.5 Å². The molecule has 0 saturated heterocycles. The summed E-state index contributed by atoms with van der Waals surface area (Å²) < 4.78 is 15.4. The number of benzene rings is 2. The second-order valence-electron chi connectivity index (χ2n) is 5.90. The summed E-state index contributed by atoms with van der Waals surface area (Å²) in [4.78, 5) is 16.7. The van der Waals surface area contributed by atoms with Crippen molar-refractivity contribution < 1.29 is 9.18 Å². The SMILES string of the molecule is Cn1ccnc1C(NC(=O)/C=C/c1ccc(Cl)c(Cl)c1)c1cccc(F)c1. The third kappa shape index (κ3) is 4.76. The van der Waals surface area contributed by atoms with Gasteiger partial charge in [-0.25, -0.2) is 9.37 Å². The molecule has 0 aliphatic heterocycles. The van der Waals surface area contributed by atoms with Crippen molar-refractivity contribution in [2.75, 3.05) is 0 Å². The van der Waals surface area contributed by atoms with Gasteiger partial charge < -0.3 is 9.88 Å². The zero-order valence-electron chi connectivity index (χ0n) is 14.4. The lowest BCUT2D eigenvalue weighted by Crippen LogP contribution is -2.29. The highest BCUT2D eigenvalue weighted by Gasteiger charge is 2.20. The van der Waals surface area contributed by atoms with Crippen LogP contribution in [0, 0.1) is 5.82 Å². The van der Waals surface area contributed by atoms with E-state index in [0.717, 1.165) is 5.56 Å². The van der Waals surface area contributed by atoms with Crippen LogP contribution in [-0.4, -0.2) is 15.5 Å². The van der Waals surface area contributed by atoms with Crippen LogP contribution in [0.4, 0.5) is 4.39 Å². The minimum Gasteiger partial charge on any atom is -0.339 e. The number of carbonyl (C=O) groups excluding carboxylic acids is 1. The van der Waals surface area contributed by atoms with E-state index in [1.54, 1.807) is 53.4 Å². The maximum absolute atomic E-state index is 13.7. The summed E-state index contributed by atoms with van der Waals surface area (Å²) in [5.74, 6) is -0.137. The Morgan fingerprint density at radius 3 is 2.70 bits per heavy atom. The maximum atomic E-state index is 13.7. The highest BCUT2D eigenvalue weighted by atomic mass is 35.5. The Labute approximate surface area is 166 Å². The lowest BCUT2D eigenvalue weighted by molar-refractivity contribution is -0.117. The van der Waals surface area contributed by atoms with Crippen LogP contribution in [-0.2, 0) is 11.8 Å². The summed E-state index contributed by atoms with van der Waals surface area (Å²) in [5.41, 5.74) is 1.33. The molecular weight excluding hydrogens is 388 g/mol. The third-order valence-corrected chi connectivity index (χ3v) is 4.70. The van der Waals surface area contributed by atoms with Crippen LogP contribution in [0.3, 0.4) is 0 Å². The summed E-state index contributed by atoms with van der Waals surface area (Å²) >= 11 is 11.9. The number of aromatic nitrogens is 2. The maximum Gasteiger partial charge on any atom is 0.244 e. The average molecular weight is 404 g/mol. The second-order valence-corrected chi connectivity index (χ2v) is 6.71. The highest BCUT2D eigenvalue weighted by molar-refractivity contribution is 6.42. The van der Waals surface area contributed by atoms with E-state index in [2.05, 4.69) is 10.3 Å². The first-order valence-corrected chi connectivity index (χ1v) is 8.86. The molecule has 2 aromatic carbocycles. The van der Waals surface area contributed by atoms with Gasteiger partial charge >= 0.3 is 0 Å². The number of nitrogens with one attached hydrogen (secondary N) is 1. The number of hydrogen-bond acceptors (Lipinski definition) is 2. The van der Waals surface area contributed by atoms with Gasteiger partial charge in [0.15, 0.2) is 0 Å². The van der Waals surface area contributed by atoms with E-state index in [0.29, 0.717) is 21.4 Å². The molecule has 0 spiro atoms. The monoisotopic (exact) mass is 403 g/mol. The van der Waals surface area contributed by atoms with Crippen LogP contribution in [0.5, 0.6) is 0 Å². The van der Waals surface area contributed by atoms with Gasteiger partial charge in [0.1, 0.15) is 17.7 Å². The molecule has 3 rings (SSSR count). The average Bonchev–Trinajstić information content (AvgIpc) is 3.06. The van der Waals surface area contributed by atoms with Crippen molar-refractivity contribution in [1.82, 2.24) is 14.9 Å². The van der Waals surface area contributed by atoms with E-state index in [-0.39, 0.29) is 11.7 Å². The fourth-order valence-electron chi connectivity index (χ4n) is 2.62. The van der Waals surface area contributed by atoms with Gasteiger partial charge in [-0.3, -0.25) is 4.79 Å². The van der Waals surface area contributed by atoms with Gasteiger partial charge in [0.05, 0.1) is 10.0 Å². The van der Waals surface area contributed by atoms with Gasteiger partial charge in [-0.1, -0.05) is 41.4 Å². The van der Waals surface area contributed by atoms with Gasteiger partial charge in [0, 0.05) is 25.5 Å². The lowest BCUT2D eigenvalue weighted by Gasteiger charge is -2.18. The summed E-state index contributed by atoms with van der Waals surface area (Å²) in [6, 6.07) is 10.5. The molecule has 0 aliphatic rings. The first-order valence-electron chi connectivity index (χ1n) is 8.10. The van der Waals surface area contributed by atoms with Gasteiger partial charge in [-0.2, -0.15) is 0 Å². The molecule has 0 bridgehead atoms. The summed E-state index contributed by atoms with van der Waals surface area (Å²) in [7, 11) is 1.81. The molecule has 1 aromatic heterocycles. The van der Waals surface area contributed by atoms with E-state index in [4.69, 9.17) is 23.2 Å². The Hall–Kier alpha value is -2.63. The first-order chi connectivity index (χ1) is 12.9. The van der Waals surface area contributed by atoms with Crippen molar-refractivity contribution >= 4 is 35.2 Å². The number of carbonyl (C=O) groups is 1. The fraction of sp³-hybridized carbons (Fsp3) is 0.100. The molecule has 0 saturated carbocycles. The molecule has 1 heterocycles. The predicted octanol–water partition coefficient (Wildman–Crippen LogP) is 4.79. The molecule has 1 N–H and O–H groups in total. The zero-order chi connectivity index (χ0) is 19.4. The molecular formula is C20H16Cl2FN3O. The third-order valence-electron chi connectivity index (χ3n) is 3.96. The van der Waals surface area contributed by atoms with Crippen molar-refractivity contribution in [1.29, 1.82) is 0 Å². The Balaban J connectivity index is 1.83. The van der Waals surface area contributed by atoms with Crippen molar-refractivity contribution in [3.05, 3.63) is 93.7 Å². The van der Waals surface area contributed by atoms with Crippen LogP contribution >= 0.6 is 23.2 Å². The van der Waals surface area contributed by atoms with E-state index >= 15 is 0 Å². The van der Waals surface area contributed by atoms with E-state index in [1.807, 2.05) is 7.05 Å². The predicted molar refractivity (Wildman–Crippen MR) is 105 cm³/mol. The van der Waals surface area contributed by atoms with Crippen LogP contribution in [0.2, 0.25) is 10.0 Å². The van der Waals surface area contributed by atoms with Gasteiger partial charge in [0.25, 0.3) is 0 Å². The van der Waals surface area contributed by atoms with E-state index < -0.39 is 6.04 Å². The van der Waals surface area contributed by atoms with Crippen molar-refractivity contribution in [3.63, 3.8) is 0 Å². The van der Waals surface area contributed by atoms with Gasteiger partial charge in [0.2, 0.25) is 5.91 Å². The normalized spacial score (nSPS) is 12.3. The lowest BCUT2D eigenvalue weighted by atomic mass is 10.1. The Morgan fingerprint density at radius 1 is 1.22 bits per heavy atom. The number of halogens is 3. The first kappa shape index (κ1) is 19.1. The van der Waals surface area contributed by atoms with Crippen LogP contribution in [0.1, 0.15) is 23.0 Å². The van der Waals surface area contributed by atoms with E-state index in [9.17, 15) is 9.18 Å². The van der Waals surface area contributed by atoms with E-state index in [1.165, 1.54) is 18.2 Å². The number of nitrogens with zero attached hydrogens (tertiary/aromatic N) is 2. The van der Waals surface area contributed by atoms with Crippen molar-refractivity contribution in [2.45, 2.75) is 6.04 Å². The molecule has 7 heteroatoms. The number of hydrogen-bond donors (Lipinski definition) is 1. The summed E-state index contributed by atoms with van der Waals surface area (Å²) in [5, 5.41) is 3.72. The van der Waals surface area contributed by atoms with Crippen molar-refractivity contribution in [3.8, 4) is 0 Å². The summed E-state index contributed by atoms with van der Waals surface area (Å²) in [6.07, 6.45) is 6.39. The molecule has 4 nitrogen and oxygen atoms in total. The molecule has 1 unspecified atom stereocenters. The number of aryl methyl sites for hydroxylation is 1. The Kier molecular flexibility index (Phi) is 5.94. The highest BCUT2D eigenvalue weighted by Crippen LogP contribution is 2.24. The zero-order valence-corrected chi connectivity index (χ0v) is 15.9. The van der Waals surface area contributed by atoms with Crippen LogP contribution in [0.15, 0.2) is 60.9 Å². The quantitative estimate of drug-likeness (QED) is 0.622. The number of rotatable bonds is 5. The fourth-order valence-corrected chi connectivity index (χ4v) is 2.92.